The number of halogens is 1. The van der Waals surface area contributed by atoms with Gasteiger partial charge in [-0.05, 0) is 69.9 Å². The highest BCUT2D eigenvalue weighted by Gasteiger charge is 2.15. The fraction of sp³-hybridized carbons (Fsp3) is 0.143. The number of nitrogens with one attached hydrogen (secondary N) is 1. The number of rotatable bonds is 6. The van der Waals surface area contributed by atoms with E-state index in [4.69, 9.17) is 9.47 Å². The van der Waals surface area contributed by atoms with Gasteiger partial charge in [0, 0.05) is 23.6 Å². The topological polar surface area (TPSA) is 60.5 Å². The van der Waals surface area contributed by atoms with Crippen molar-refractivity contribution in [1.82, 2.24) is 4.98 Å². The molecule has 0 aliphatic rings. The Kier molecular flexibility index (Phi) is 6.08. The van der Waals surface area contributed by atoms with E-state index < -0.39 is 0 Å². The molecule has 0 aliphatic carbocycles. The minimum absolute atomic E-state index is 0.235. The molecule has 6 heteroatoms. The molecule has 0 bridgehead atoms. The number of ether oxygens (including phenoxy) is 2. The Morgan fingerprint density at radius 2 is 1.52 bits per heavy atom. The highest BCUT2D eigenvalue weighted by atomic mass is 79.9. The molecule has 27 heavy (non-hydrogen) atoms. The molecule has 0 atom stereocenters. The van der Waals surface area contributed by atoms with E-state index in [1.807, 2.05) is 36.4 Å². The third kappa shape index (κ3) is 4.65. The lowest BCUT2D eigenvalue weighted by molar-refractivity contribution is 0.102. The van der Waals surface area contributed by atoms with Gasteiger partial charge >= 0.3 is 0 Å². The number of anilines is 1. The Hall–Kier alpha value is -2.86. The number of hydrogen-bond acceptors (Lipinski definition) is 4. The molecule has 0 radical (unpaired) electrons. The maximum atomic E-state index is 12.6. The Morgan fingerprint density at radius 1 is 0.963 bits per heavy atom. The van der Waals surface area contributed by atoms with Gasteiger partial charge in [0.05, 0.1) is 14.2 Å². The second-order valence-electron chi connectivity index (χ2n) is 5.88. The molecule has 0 fully saturated rings. The largest absolute Gasteiger partial charge is 0.495 e. The van der Waals surface area contributed by atoms with Crippen molar-refractivity contribution in [2.75, 3.05) is 19.5 Å². The number of methoxy groups -OCH3 is 2. The SMILES string of the molecule is COc1cc(C(=O)Nc2ccc(Cc3ccncc3)cc2)cc(OC)c1Br. The first-order valence-electron chi connectivity index (χ1n) is 8.31. The van der Waals surface area contributed by atoms with Crippen molar-refractivity contribution in [3.05, 3.63) is 82.1 Å². The number of carbonyl (C=O) groups excluding carboxylic acids is 1. The van der Waals surface area contributed by atoms with Gasteiger partial charge in [0.2, 0.25) is 0 Å². The van der Waals surface area contributed by atoms with Crippen LogP contribution >= 0.6 is 15.9 Å². The molecule has 0 spiro atoms. The zero-order chi connectivity index (χ0) is 19.2. The summed E-state index contributed by atoms with van der Waals surface area (Å²) in [6, 6.07) is 15.1. The molecule has 1 amide bonds. The van der Waals surface area contributed by atoms with Crippen molar-refractivity contribution in [3.8, 4) is 11.5 Å². The summed E-state index contributed by atoms with van der Waals surface area (Å²) in [5.41, 5.74) is 3.52. The number of benzene rings is 2. The van der Waals surface area contributed by atoms with Crippen LogP contribution in [0.3, 0.4) is 0 Å². The highest BCUT2D eigenvalue weighted by Crippen LogP contribution is 2.35. The summed E-state index contributed by atoms with van der Waals surface area (Å²) < 4.78 is 11.2. The molecule has 1 heterocycles. The highest BCUT2D eigenvalue weighted by molar-refractivity contribution is 9.10. The first-order chi connectivity index (χ1) is 13.1. The number of aromatic nitrogens is 1. The van der Waals surface area contributed by atoms with Gasteiger partial charge in [0.25, 0.3) is 5.91 Å². The van der Waals surface area contributed by atoms with Crippen LogP contribution in [0.25, 0.3) is 0 Å². The molecule has 0 aliphatic heterocycles. The number of pyridine rings is 1. The third-order valence-corrected chi connectivity index (χ3v) is 4.86. The van der Waals surface area contributed by atoms with E-state index in [1.54, 1.807) is 38.7 Å². The van der Waals surface area contributed by atoms with Crippen LogP contribution in [0.5, 0.6) is 11.5 Å². The zero-order valence-electron chi connectivity index (χ0n) is 15.0. The molecule has 0 saturated carbocycles. The summed E-state index contributed by atoms with van der Waals surface area (Å²) in [5.74, 6) is 0.834. The average molecular weight is 427 g/mol. The van der Waals surface area contributed by atoms with Crippen LogP contribution < -0.4 is 14.8 Å². The van der Waals surface area contributed by atoms with Crippen LogP contribution in [0.1, 0.15) is 21.5 Å². The summed E-state index contributed by atoms with van der Waals surface area (Å²) in [7, 11) is 3.09. The number of hydrogen-bond donors (Lipinski definition) is 1. The summed E-state index contributed by atoms with van der Waals surface area (Å²) in [5, 5.41) is 2.90. The standard InChI is InChI=1S/C21H19BrN2O3/c1-26-18-12-16(13-19(27-2)20(18)22)21(25)24-17-5-3-14(4-6-17)11-15-7-9-23-10-8-15/h3-10,12-13H,11H2,1-2H3,(H,24,25). The first kappa shape index (κ1) is 18.9. The van der Waals surface area contributed by atoms with Crippen LogP contribution in [0, 0.1) is 0 Å². The van der Waals surface area contributed by atoms with Gasteiger partial charge in [-0.25, -0.2) is 0 Å². The van der Waals surface area contributed by atoms with Gasteiger partial charge < -0.3 is 14.8 Å². The monoisotopic (exact) mass is 426 g/mol. The molecular formula is C21H19BrN2O3. The first-order valence-corrected chi connectivity index (χ1v) is 9.10. The molecule has 3 rings (SSSR count). The molecule has 0 unspecified atom stereocenters. The number of amides is 1. The number of carbonyl (C=O) groups is 1. The average Bonchev–Trinajstić information content (AvgIpc) is 2.70. The maximum absolute atomic E-state index is 12.6. The lowest BCUT2D eigenvalue weighted by Gasteiger charge is -2.12. The summed E-state index contributed by atoms with van der Waals surface area (Å²) in [4.78, 5) is 16.6. The molecule has 3 aromatic rings. The van der Waals surface area contributed by atoms with Gasteiger partial charge in [-0.3, -0.25) is 9.78 Å². The fourth-order valence-corrected chi connectivity index (χ4v) is 3.20. The van der Waals surface area contributed by atoms with Crippen molar-refractivity contribution in [2.24, 2.45) is 0 Å². The minimum Gasteiger partial charge on any atom is -0.495 e. The lowest BCUT2D eigenvalue weighted by Crippen LogP contribution is -2.12. The van der Waals surface area contributed by atoms with E-state index in [2.05, 4.69) is 26.2 Å². The van der Waals surface area contributed by atoms with Gasteiger partial charge in [-0.2, -0.15) is 0 Å². The Morgan fingerprint density at radius 3 is 2.07 bits per heavy atom. The van der Waals surface area contributed by atoms with Crippen LogP contribution in [0.2, 0.25) is 0 Å². The Balaban J connectivity index is 1.73. The van der Waals surface area contributed by atoms with E-state index in [0.29, 0.717) is 21.5 Å². The second kappa shape index (κ2) is 8.68. The summed E-state index contributed by atoms with van der Waals surface area (Å²) in [6.45, 7) is 0. The predicted octanol–water partition coefficient (Wildman–Crippen LogP) is 4.70. The maximum Gasteiger partial charge on any atom is 0.255 e. The van der Waals surface area contributed by atoms with Gasteiger partial charge in [0.15, 0.2) is 0 Å². The van der Waals surface area contributed by atoms with Crippen molar-refractivity contribution in [2.45, 2.75) is 6.42 Å². The summed E-state index contributed by atoms with van der Waals surface area (Å²) >= 11 is 3.40. The Labute approximate surface area is 166 Å². The van der Waals surface area contributed by atoms with Crippen molar-refractivity contribution in [3.63, 3.8) is 0 Å². The van der Waals surface area contributed by atoms with Crippen LogP contribution in [0.4, 0.5) is 5.69 Å². The van der Waals surface area contributed by atoms with Crippen molar-refractivity contribution >= 4 is 27.5 Å². The van der Waals surface area contributed by atoms with Gasteiger partial charge in [-0.15, -0.1) is 0 Å². The molecule has 0 saturated heterocycles. The fourth-order valence-electron chi connectivity index (χ4n) is 2.65. The van der Waals surface area contributed by atoms with Crippen molar-refractivity contribution < 1.29 is 14.3 Å². The molecule has 138 valence electrons. The van der Waals surface area contributed by atoms with E-state index in [0.717, 1.165) is 17.7 Å². The van der Waals surface area contributed by atoms with E-state index in [1.165, 1.54) is 5.56 Å². The lowest BCUT2D eigenvalue weighted by atomic mass is 10.1. The normalized spacial score (nSPS) is 10.3. The molecule has 2 aromatic carbocycles. The molecular weight excluding hydrogens is 408 g/mol. The van der Waals surface area contributed by atoms with Gasteiger partial charge in [0.1, 0.15) is 16.0 Å². The molecule has 1 aromatic heterocycles. The van der Waals surface area contributed by atoms with E-state index in [9.17, 15) is 4.79 Å². The van der Waals surface area contributed by atoms with Crippen LogP contribution in [-0.4, -0.2) is 25.1 Å². The van der Waals surface area contributed by atoms with Crippen LogP contribution in [-0.2, 0) is 6.42 Å². The predicted molar refractivity (Wildman–Crippen MR) is 109 cm³/mol. The zero-order valence-corrected chi connectivity index (χ0v) is 16.6. The van der Waals surface area contributed by atoms with E-state index in [-0.39, 0.29) is 5.91 Å². The smallest absolute Gasteiger partial charge is 0.255 e. The van der Waals surface area contributed by atoms with Crippen LogP contribution in [0.15, 0.2) is 65.4 Å². The second-order valence-corrected chi connectivity index (χ2v) is 6.67. The van der Waals surface area contributed by atoms with Crippen molar-refractivity contribution in [1.29, 1.82) is 0 Å². The number of nitrogens with zero attached hydrogens (tertiary/aromatic N) is 1. The third-order valence-electron chi connectivity index (χ3n) is 4.08. The minimum atomic E-state index is -0.235. The quantitative estimate of drug-likeness (QED) is 0.620. The molecule has 1 N–H and O–H groups in total. The van der Waals surface area contributed by atoms with Gasteiger partial charge in [-0.1, -0.05) is 12.1 Å². The summed E-state index contributed by atoms with van der Waals surface area (Å²) in [6.07, 6.45) is 4.38. The molecule has 5 nitrogen and oxygen atoms in total. The van der Waals surface area contributed by atoms with E-state index >= 15 is 0 Å². The Bertz CT molecular complexity index is 903.